The fraction of sp³-hybridized carbons (Fsp3) is 0.618. The second-order valence-corrected chi connectivity index (χ2v) is 13.9. The first kappa shape index (κ1) is 29.4. The molecular weight excluding hydrogens is 532 g/mol. The second-order valence-electron chi connectivity index (χ2n) is 13.9. The lowest BCUT2D eigenvalue weighted by Crippen LogP contribution is -2.61. The Labute approximate surface area is 248 Å². The average Bonchev–Trinajstić information content (AvgIpc) is 3.23. The third kappa shape index (κ3) is 4.80. The third-order valence-electron chi connectivity index (χ3n) is 11.6. The molecule has 3 saturated carbocycles. The van der Waals surface area contributed by atoms with Gasteiger partial charge < -0.3 is 19.8 Å². The molecule has 0 aromatic heterocycles. The van der Waals surface area contributed by atoms with Crippen LogP contribution in [0.1, 0.15) is 61.9 Å². The number of rotatable bonds is 6. The Hall–Kier alpha value is -2.65. The molecule has 1 heterocycles. The highest BCUT2D eigenvalue weighted by molar-refractivity contribution is 6.01. The monoisotopic (exact) mass is 576 g/mol. The lowest BCUT2D eigenvalue weighted by Gasteiger charge is -2.59. The third-order valence-corrected chi connectivity index (χ3v) is 11.6. The van der Waals surface area contributed by atoms with Gasteiger partial charge in [-0.1, -0.05) is 37.6 Å². The molecule has 8 heteroatoms. The maximum absolute atomic E-state index is 13.6. The number of hydrogen-bond donors (Lipinski definition) is 2. The number of carbonyl (C=O) groups excluding carboxylic acids is 3. The highest BCUT2D eigenvalue weighted by atomic mass is 16.5. The molecule has 5 aliphatic rings. The van der Waals surface area contributed by atoms with Gasteiger partial charge in [-0.2, -0.15) is 0 Å². The van der Waals surface area contributed by atoms with E-state index in [4.69, 9.17) is 4.74 Å². The number of hydrogen-bond acceptors (Lipinski definition) is 8. The summed E-state index contributed by atoms with van der Waals surface area (Å²) in [6.07, 6.45) is 7.39. The number of ketones is 2. The van der Waals surface area contributed by atoms with Crippen molar-refractivity contribution < 1.29 is 29.3 Å². The largest absolute Gasteiger partial charge is 0.454 e. The number of aliphatic hydroxyl groups is 2. The van der Waals surface area contributed by atoms with Crippen LogP contribution in [0.3, 0.4) is 0 Å². The molecule has 0 unspecified atom stereocenters. The molecular formula is C34H44N2O6. The summed E-state index contributed by atoms with van der Waals surface area (Å²) in [4.78, 5) is 43.4. The number of piperazine rings is 1. The van der Waals surface area contributed by atoms with Crippen molar-refractivity contribution in [3.05, 3.63) is 59.2 Å². The molecule has 0 bridgehead atoms. The van der Waals surface area contributed by atoms with Crippen LogP contribution in [0.4, 0.5) is 0 Å². The van der Waals surface area contributed by atoms with Gasteiger partial charge in [-0.3, -0.25) is 14.5 Å². The molecule has 4 fully saturated rings. The number of allylic oxidation sites excluding steroid dienone is 4. The van der Waals surface area contributed by atoms with Gasteiger partial charge in [0, 0.05) is 49.5 Å². The van der Waals surface area contributed by atoms with E-state index in [0.717, 1.165) is 56.7 Å². The summed E-state index contributed by atoms with van der Waals surface area (Å²) in [5.41, 5.74) is -0.425. The Morgan fingerprint density at radius 2 is 1.88 bits per heavy atom. The first-order valence-corrected chi connectivity index (χ1v) is 15.5. The van der Waals surface area contributed by atoms with Gasteiger partial charge >= 0.3 is 5.97 Å². The molecule has 42 heavy (non-hydrogen) atoms. The normalized spacial score (nSPS) is 38.3. The van der Waals surface area contributed by atoms with E-state index in [9.17, 15) is 24.6 Å². The molecule has 1 aliphatic heterocycles. The summed E-state index contributed by atoms with van der Waals surface area (Å²) in [6.45, 7) is 8.26. The summed E-state index contributed by atoms with van der Waals surface area (Å²) in [7, 11) is 2.12. The number of fused-ring (bicyclic) bond motifs is 5. The minimum absolute atomic E-state index is 0.00629. The molecule has 1 saturated heterocycles. The lowest BCUT2D eigenvalue weighted by atomic mass is 9.46. The van der Waals surface area contributed by atoms with Gasteiger partial charge in [-0.25, -0.2) is 4.79 Å². The first-order valence-electron chi connectivity index (χ1n) is 15.5. The van der Waals surface area contributed by atoms with Crippen molar-refractivity contribution in [3.63, 3.8) is 0 Å². The Balaban J connectivity index is 1.13. The van der Waals surface area contributed by atoms with Gasteiger partial charge in [-0.15, -0.1) is 0 Å². The fourth-order valence-electron chi connectivity index (χ4n) is 9.18. The molecule has 2 N–H and O–H groups in total. The Kier molecular flexibility index (Phi) is 7.57. The van der Waals surface area contributed by atoms with Crippen LogP contribution in [0.25, 0.3) is 0 Å². The van der Waals surface area contributed by atoms with Crippen molar-refractivity contribution in [1.82, 2.24) is 9.80 Å². The van der Waals surface area contributed by atoms with Crippen LogP contribution >= 0.6 is 0 Å². The molecule has 0 spiro atoms. The topological polar surface area (TPSA) is 107 Å². The number of carbonyl (C=O) groups is 3. The fourth-order valence-corrected chi connectivity index (χ4v) is 9.18. The second kappa shape index (κ2) is 10.8. The maximum Gasteiger partial charge on any atom is 0.338 e. The smallest absolute Gasteiger partial charge is 0.338 e. The van der Waals surface area contributed by atoms with E-state index < -0.39 is 40.9 Å². The SMILES string of the molecule is CN1CCN(Cc2cccc(C(=O)OCC(=O)[C@@]3(O)CC[C@H]4[C@@H]5CCC6=CC(=O)C=C[C@]6(C)[C@H]5[C@@H](O)C[C@@]43C)c2)CC1. The maximum atomic E-state index is 13.6. The van der Waals surface area contributed by atoms with Crippen LogP contribution < -0.4 is 0 Å². The highest BCUT2D eigenvalue weighted by Crippen LogP contribution is 2.67. The Bertz CT molecular complexity index is 1330. The molecule has 226 valence electrons. The van der Waals surface area contributed by atoms with Crippen LogP contribution in [-0.4, -0.2) is 89.1 Å². The van der Waals surface area contributed by atoms with E-state index in [0.29, 0.717) is 12.0 Å². The quantitative estimate of drug-likeness (QED) is 0.498. The van der Waals surface area contributed by atoms with Crippen molar-refractivity contribution in [2.24, 2.45) is 28.6 Å². The molecule has 0 radical (unpaired) electrons. The number of nitrogens with zero attached hydrogens (tertiary/aromatic N) is 2. The van der Waals surface area contributed by atoms with E-state index in [1.165, 1.54) is 0 Å². The van der Waals surface area contributed by atoms with Crippen molar-refractivity contribution >= 4 is 17.5 Å². The Morgan fingerprint density at radius 3 is 2.64 bits per heavy atom. The van der Waals surface area contributed by atoms with Crippen molar-refractivity contribution in [3.8, 4) is 0 Å². The first-order chi connectivity index (χ1) is 19.9. The molecule has 1 aromatic carbocycles. The minimum Gasteiger partial charge on any atom is -0.454 e. The Morgan fingerprint density at radius 1 is 1.12 bits per heavy atom. The van der Waals surface area contributed by atoms with Gasteiger partial charge in [-0.05, 0) is 80.8 Å². The minimum atomic E-state index is -1.68. The zero-order valence-corrected chi connectivity index (χ0v) is 25.1. The van der Waals surface area contributed by atoms with Gasteiger partial charge in [0.15, 0.2) is 12.4 Å². The number of benzene rings is 1. The van der Waals surface area contributed by atoms with E-state index in [1.807, 2.05) is 31.2 Å². The van der Waals surface area contributed by atoms with Crippen molar-refractivity contribution in [2.75, 3.05) is 39.8 Å². The number of ether oxygens (including phenoxy) is 1. The predicted molar refractivity (Wildman–Crippen MR) is 157 cm³/mol. The summed E-state index contributed by atoms with van der Waals surface area (Å²) in [5, 5.41) is 23.5. The van der Waals surface area contributed by atoms with Gasteiger partial charge in [0.2, 0.25) is 5.78 Å². The molecule has 7 atom stereocenters. The summed E-state index contributed by atoms with van der Waals surface area (Å²) < 4.78 is 5.50. The molecule has 4 aliphatic carbocycles. The van der Waals surface area contributed by atoms with Crippen molar-refractivity contribution in [1.29, 1.82) is 0 Å². The zero-order valence-electron chi connectivity index (χ0n) is 25.1. The standard InChI is InChI=1S/C34H44N2O6/c1-32-11-9-25(37)18-24(32)7-8-26-27-10-12-34(41,33(27,2)19-28(38)30(26)32)29(39)21-42-31(40)23-6-4-5-22(17-23)20-36-15-13-35(3)14-16-36/h4-6,9,11,17-18,26-28,30,38,41H,7-8,10,12-16,19-21H2,1-3H3/t26-,27-,28-,30+,32-,33-,34-/m0/s1. The van der Waals surface area contributed by atoms with Crippen molar-refractivity contribution in [2.45, 2.75) is 64.2 Å². The van der Waals surface area contributed by atoms with Crippen LogP contribution in [0.2, 0.25) is 0 Å². The van der Waals surface area contributed by atoms with E-state index in [1.54, 1.807) is 18.2 Å². The number of aliphatic hydroxyl groups excluding tert-OH is 1. The average molecular weight is 577 g/mol. The van der Waals surface area contributed by atoms with Gasteiger partial charge in [0.05, 0.1) is 11.7 Å². The lowest BCUT2D eigenvalue weighted by molar-refractivity contribution is -0.178. The number of esters is 1. The van der Waals surface area contributed by atoms with E-state index >= 15 is 0 Å². The summed E-state index contributed by atoms with van der Waals surface area (Å²) in [5.74, 6) is -0.987. The van der Waals surface area contributed by atoms with E-state index in [-0.39, 0.29) is 36.4 Å². The molecule has 1 aromatic rings. The molecule has 6 rings (SSSR count). The molecule has 0 amide bonds. The van der Waals surface area contributed by atoms with Crippen LogP contribution in [0.15, 0.2) is 48.1 Å². The van der Waals surface area contributed by atoms with Gasteiger partial charge in [0.1, 0.15) is 5.60 Å². The van der Waals surface area contributed by atoms with Crippen LogP contribution in [-0.2, 0) is 20.9 Å². The predicted octanol–water partition coefficient (Wildman–Crippen LogP) is 3.17. The van der Waals surface area contributed by atoms with Gasteiger partial charge in [0.25, 0.3) is 0 Å². The zero-order chi connectivity index (χ0) is 29.9. The van der Waals surface area contributed by atoms with E-state index in [2.05, 4.69) is 23.8 Å². The van der Waals surface area contributed by atoms with Crippen LogP contribution in [0.5, 0.6) is 0 Å². The number of Topliss-reactive ketones (excluding diaryl/α,β-unsaturated/α-hetero) is 1. The summed E-state index contributed by atoms with van der Waals surface area (Å²) >= 11 is 0. The highest BCUT2D eigenvalue weighted by Gasteiger charge is 2.68. The summed E-state index contributed by atoms with van der Waals surface area (Å²) in [6, 6.07) is 7.35. The number of likely N-dealkylation sites (N-methyl/N-ethyl adjacent to an activating group) is 1. The molecule has 8 nitrogen and oxygen atoms in total. The van der Waals surface area contributed by atoms with Crippen LogP contribution in [0, 0.1) is 28.6 Å².